The van der Waals surface area contributed by atoms with Crippen molar-refractivity contribution < 1.29 is 27.0 Å². The standard InChI is InChI=1S/C15H30N2O5S/c1-14(2)13-15(18)16-5-3-6-17(8-10-22-11-9-17)7-4-12-23(19,20)21/h14H,3-13H2,1-2H3,(H-,16,18,19,20,21)/p+1. The first kappa shape index (κ1) is 20.3. The number of quaternary nitrogens is 1. The van der Waals surface area contributed by atoms with Gasteiger partial charge in [-0.05, 0) is 5.92 Å². The Morgan fingerprint density at radius 1 is 1.22 bits per heavy atom. The van der Waals surface area contributed by atoms with Crippen molar-refractivity contribution in [2.45, 2.75) is 33.1 Å². The maximum atomic E-state index is 11.6. The van der Waals surface area contributed by atoms with Crippen LogP contribution in [0.1, 0.15) is 33.1 Å². The van der Waals surface area contributed by atoms with Gasteiger partial charge >= 0.3 is 0 Å². The zero-order valence-corrected chi connectivity index (χ0v) is 15.1. The summed E-state index contributed by atoms with van der Waals surface area (Å²) in [6.07, 6.45) is 1.84. The molecule has 8 heteroatoms. The molecule has 1 saturated heterocycles. The minimum absolute atomic E-state index is 0.0832. The lowest BCUT2D eigenvalue weighted by Gasteiger charge is -2.41. The van der Waals surface area contributed by atoms with Crippen molar-refractivity contribution in [3.8, 4) is 0 Å². The molecule has 23 heavy (non-hydrogen) atoms. The molecule has 1 amide bonds. The van der Waals surface area contributed by atoms with Crippen LogP contribution in [-0.4, -0.2) is 75.1 Å². The van der Waals surface area contributed by atoms with Gasteiger partial charge in [0.15, 0.2) is 0 Å². The lowest BCUT2D eigenvalue weighted by atomic mass is 10.1. The van der Waals surface area contributed by atoms with E-state index in [-0.39, 0.29) is 11.7 Å². The van der Waals surface area contributed by atoms with E-state index >= 15 is 0 Å². The number of rotatable bonds is 10. The van der Waals surface area contributed by atoms with Crippen molar-refractivity contribution in [3.05, 3.63) is 0 Å². The molecule has 0 saturated carbocycles. The first-order chi connectivity index (χ1) is 10.7. The fourth-order valence-corrected chi connectivity index (χ4v) is 3.45. The van der Waals surface area contributed by atoms with Gasteiger partial charge in [0.25, 0.3) is 10.1 Å². The van der Waals surface area contributed by atoms with Gasteiger partial charge in [-0.2, -0.15) is 8.42 Å². The summed E-state index contributed by atoms with van der Waals surface area (Å²) >= 11 is 0. The van der Waals surface area contributed by atoms with Gasteiger partial charge in [0.2, 0.25) is 5.91 Å². The summed E-state index contributed by atoms with van der Waals surface area (Å²) in [6, 6.07) is 0. The first-order valence-corrected chi connectivity index (χ1v) is 9.98. The molecule has 0 bridgehead atoms. The fourth-order valence-electron chi connectivity index (χ4n) is 2.96. The molecule has 1 fully saturated rings. The van der Waals surface area contributed by atoms with E-state index in [4.69, 9.17) is 9.29 Å². The maximum Gasteiger partial charge on any atom is 0.265 e. The van der Waals surface area contributed by atoms with Crippen LogP contribution < -0.4 is 5.32 Å². The molecule has 7 nitrogen and oxygen atoms in total. The van der Waals surface area contributed by atoms with Crippen molar-refractivity contribution in [1.82, 2.24) is 5.32 Å². The number of nitrogens with one attached hydrogen (secondary N) is 1. The van der Waals surface area contributed by atoms with E-state index in [1.807, 2.05) is 13.8 Å². The largest absolute Gasteiger partial charge is 0.370 e. The SMILES string of the molecule is CC(C)CC(=O)NCCC[N+]1(CCCS(=O)(=O)O)CCOCC1. The van der Waals surface area contributed by atoms with Gasteiger partial charge in [-0.25, -0.2) is 0 Å². The molecule has 0 unspecified atom stereocenters. The normalized spacial score (nSPS) is 18.1. The maximum absolute atomic E-state index is 11.6. The van der Waals surface area contributed by atoms with Crippen molar-refractivity contribution in [2.24, 2.45) is 5.92 Å². The molecule has 0 aliphatic carbocycles. The number of amides is 1. The van der Waals surface area contributed by atoms with Gasteiger partial charge in [0, 0.05) is 25.8 Å². The Hall–Kier alpha value is -0.700. The molecule has 0 radical (unpaired) electrons. The van der Waals surface area contributed by atoms with Crippen molar-refractivity contribution in [2.75, 3.05) is 51.7 Å². The first-order valence-electron chi connectivity index (χ1n) is 8.37. The van der Waals surface area contributed by atoms with Crippen LogP contribution in [0.2, 0.25) is 0 Å². The Bertz CT molecular complexity index is 458. The van der Waals surface area contributed by atoms with Crippen molar-refractivity contribution in [1.29, 1.82) is 0 Å². The van der Waals surface area contributed by atoms with E-state index < -0.39 is 10.1 Å². The van der Waals surface area contributed by atoms with Crippen LogP contribution in [0.25, 0.3) is 0 Å². The molecule has 1 heterocycles. The van der Waals surface area contributed by atoms with E-state index in [0.29, 0.717) is 45.1 Å². The smallest absolute Gasteiger partial charge is 0.265 e. The minimum Gasteiger partial charge on any atom is -0.370 e. The highest BCUT2D eigenvalue weighted by atomic mass is 32.2. The van der Waals surface area contributed by atoms with E-state index in [2.05, 4.69) is 5.32 Å². The number of morpholine rings is 1. The molecule has 1 rings (SSSR count). The summed E-state index contributed by atoms with van der Waals surface area (Å²) in [4.78, 5) is 11.6. The quantitative estimate of drug-likeness (QED) is 0.343. The fraction of sp³-hybridized carbons (Fsp3) is 0.933. The summed E-state index contributed by atoms with van der Waals surface area (Å²) in [5.41, 5.74) is 0. The number of nitrogens with zero attached hydrogens (tertiary/aromatic N) is 1. The molecule has 0 atom stereocenters. The highest BCUT2D eigenvalue weighted by Gasteiger charge is 2.30. The van der Waals surface area contributed by atoms with E-state index in [1.54, 1.807) is 0 Å². The molecule has 0 aromatic rings. The average molecular weight is 351 g/mol. The molecule has 136 valence electrons. The average Bonchev–Trinajstić information content (AvgIpc) is 2.42. The molecule has 0 aromatic carbocycles. The molecule has 0 spiro atoms. The second kappa shape index (κ2) is 9.56. The van der Waals surface area contributed by atoms with Gasteiger partial charge in [0.05, 0.1) is 32.1 Å². The topological polar surface area (TPSA) is 92.7 Å². The van der Waals surface area contributed by atoms with E-state index in [1.165, 1.54) is 0 Å². The van der Waals surface area contributed by atoms with Crippen LogP contribution in [0.5, 0.6) is 0 Å². The summed E-state index contributed by atoms with van der Waals surface area (Å²) in [7, 11) is -3.90. The Kier molecular flexibility index (Phi) is 8.46. The van der Waals surface area contributed by atoms with Crippen LogP contribution in [0, 0.1) is 5.92 Å². The van der Waals surface area contributed by atoms with Gasteiger partial charge in [-0.15, -0.1) is 0 Å². The zero-order chi connectivity index (χ0) is 17.3. The summed E-state index contributed by atoms with van der Waals surface area (Å²) in [5.74, 6) is 0.242. The van der Waals surface area contributed by atoms with Gasteiger partial charge in [0.1, 0.15) is 13.1 Å². The highest BCUT2D eigenvalue weighted by Crippen LogP contribution is 2.14. The van der Waals surface area contributed by atoms with Crippen molar-refractivity contribution >= 4 is 16.0 Å². The monoisotopic (exact) mass is 351 g/mol. The van der Waals surface area contributed by atoms with Gasteiger partial charge < -0.3 is 14.5 Å². The third-order valence-corrected chi connectivity index (χ3v) is 4.98. The number of ether oxygens (including phenoxy) is 1. The summed E-state index contributed by atoms with van der Waals surface area (Å²) < 4.78 is 36.8. The number of hydrogen-bond donors (Lipinski definition) is 2. The Morgan fingerprint density at radius 3 is 2.39 bits per heavy atom. The Balaban J connectivity index is 2.37. The van der Waals surface area contributed by atoms with Crippen LogP contribution >= 0.6 is 0 Å². The highest BCUT2D eigenvalue weighted by molar-refractivity contribution is 7.85. The molecule has 1 aliphatic rings. The van der Waals surface area contributed by atoms with Crippen LogP contribution in [0.3, 0.4) is 0 Å². The second-order valence-electron chi connectivity index (χ2n) is 6.79. The van der Waals surface area contributed by atoms with Gasteiger partial charge in [-0.1, -0.05) is 13.8 Å². The summed E-state index contributed by atoms with van der Waals surface area (Å²) in [6.45, 7) is 9.32. The Labute approximate surface area is 139 Å². The predicted octanol–water partition coefficient (Wildman–Crippen LogP) is 0.664. The van der Waals surface area contributed by atoms with Crippen molar-refractivity contribution in [3.63, 3.8) is 0 Å². The van der Waals surface area contributed by atoms with Crippen LogP contribution in [0.15, 0.2) is 0 Å². The third-order valence-electron chi connectivity index (χ3n) is 4.18. The van der Waals surface area contributed by atoms with Crippen LogP contribution in [0.4, 0.5) is 0 Å². The van der Waals surface area contributed by atoms with E-state index in [9.17, 15) is 13.2 Å². The molecule has 0 aromatic heterocycles. The number of carbonyl (C=O) groups excluding carboxylic acids is 1. The zero-order valence-electron chi connectivity index (χ0n) is 14.3. The van der Waals surface area contributed by atoms with Crippen LogP contribution in [-0.2, 0) is 19.6 Å². The third kappa shape index (κ3) is 9.24. The lowest BCUT2D eigenvalue weighted by molar-refractivity contribution is -0.935. The van der Waals surface area contributed by atoms with E-state index in [0.717, 1.165) is 30.5 Å². The number of hydrogen-bond acceptors (Lipinski definition) is 4. The molecular weight excluding hydrogens is 320 g/mol. The minimum atomic E-state index is -3.90. The van der Waals surface area contributed by atoms with Gasteiger partial charge in [-0.3, -0.25) is 9.35 Å². The Morgan fingerprint density at radius 2 is 1.83 bits per heavy atom. The molecular formula is C15H31N2O5S+. The number of carbonyl (C=O) groups is 1. The summed E-state index contributed by atoms with van der Waals surface area (Å²) in [5, 5.41) is 2.94. The lowest BCUT2D eigenvalue weighted by Crippen LogP contribution is -2.56. The molecule has 1 aliphatic heterocycles. The second-order valence-corrected chi connectivity index (χ2v) is 8.36. The predicted molar refractivity (Wildman–Crippen MR) is 88.7 cm³/mol. The molecule has 2 N–H and O–H groups in total.